The maximum absolute atomic E-state index is 10.9. The summed E-state index contributed by atoms with van der Waals surface area (Å²) >= 11 is 0. The molecule has 2 rings (SSSR count). The van der Waals surface area contributed by atoms with Crippen molar-refractivity contribution in [2.24, 2.45) is 0 Å². The van der Waals surface area contributed by atoms with Crippen LogP contribution in [0, 0.1) is 0 Å². The molecule has 0 radical (unpaired) electrons. The highest BCUT2D eigenvalue weighted by molar-refractivity contribution is 5.70. The van der Waals surface area contributed by atoms with E-state index in [1.165, 1.54) is 26.0 Å². The van der Waals surface area contributed by atoms with Crippen LogP contribution in [-0.4, -0.2) is 22.2 Å². The molecule has 6 heteroatoms. The summed E-state index contributed by atoms with van der Waals surface area (Å²) in [6.45, 7) is 2.59. The number of benzene rings is 2. The molecule has 0 saturated heterocycles. The van der Waals surface area contributed by atoms with Gasteiger partial charge in [0.25, 0.3) is 0 Å². The van der Waals surface area contributed by atoms with Gasteiger partial charge in [0.15, 0.2) is 0 Å². The average Bonchev–Trinajstić information content (AvgIpc) is 2.50. The molecule has 6 nitrogen and oxygen atoms in total. The normalized spacial score (nSPS) is 10.3. The standard InChI is InChI=1S/C19H20O6/c1-12(20)24-16-8-6-14(18(22)10-16)4-3-5-15-7-9-17(11-19(15)23)25-13(2)21/h6-11,22-23H,3-5H2,1-2H3. The third kappa shape index (κ3) is 5.53. The molecule has 0 aliphatic heterocycles. The fourth-order valence-corrected chi connectivity index (χ4v) is 2.44. The Hall–Kier alpha value is -3.02. The molecule has 2 aromatic carbocycles. The van der Waals surface area contributed by atoms with Crippen molar-refractivity contribution in [1.29, 1.82) is 0 Å². The monoisotopic (exact) mass is 344 g/mol. The molecular formula is C19H20O6. The number of esters is 2. The minimum Gasteiger partial charge on any atom is -0.508 e. The van der Waals surface area contributed by atoms with Crippen molar-refractivity contribution in [3.05, 3.63) is 47.5 Å². The number of hydrogen-bond donors (Lipinski definition) is 2. The lowest BCUT2D eigenvalue weighted by atomic mass is 10.0. The Morgan fingerprint density at radius 1 is 0.800 bits per heavy atom. The van der Waals surface area contributed by atoms with Gasteiger partial charge >= 0.3 is 11.9 Å². The van der Waals surface area contributed by atoms with Crippen molar-refractivity contribution in [2.75, 3.05) is 0 Å². The Morgan fingerprint density at radius 3 is 1.52 bits per heavy atom. The second-order valence-electron chi connectivity index (χ2n) is 5.62. The Balaban J connectivity index is 1.94. The summed E-state index contributed by atoms with van der Waals surface area (Å²) in [4.78, 5) is 21.8. The molecule has 0 fully saturated rings. The van der Waals surface area contributed by atoms with Crippen molar-refractivity contribution in [3.63, 3.8) is 0 Å². The molecule has 0 unspecified atom stereocenters. The lowest BCUT2D eigenvalue weighted by Gasteiger charge is -2.09. The summed E-state index contributed by atoms with van der Waals surface area (Å²) in [6.07, 6.45) is 1.88. The van der Waals surface area contributed by atoms with Crippen molar-refractivity contribution < 1.29 is 29.3 Å². The van der Waals surface area contributed by atoms with Gasteiger partial charge in [-0.05, 0) is 42.5 Å². The first-order chi connectivity index (χ1) is 11.8. The van der Waals surface area contributed by atoms with Crippen molar-refractivity contribution in [2.45, 2.75) is 33.1 Å². The number of aryl methyl sites for hydroxylation is 2. The van der Waals surface area contributed by atoms with E-state index in [0.717, 1.165) is 11.1 Å². The number of rotatable bonds is 6. The predicted molar refractivity (Wildman–Crippen MR) is 90.9 cm³/mol. The zero-order valence-electron chi connectivity index (χ0n) is 14.1. The molecule has 2 N–H and O–H groups in total. The van der Waals surface area contributed by atoms with E-state index >= 15 is 0 Å². The van der Waals surface area contributed by atoms with E-state index < -0.39 is 11.9 Å². The van der Waals surface area contributed by atoms with Gasteiger partial charge in [0.2, 0.25) is 0 Å². The molecule has 0 aliphatic rings. The Kier molecular flexibility index (Phi) is 6.00. The van der Waals surface area contributed by atoms with Gasteiger partial charge in [0.1, 0.15) is 23.0 Å². The molecule has 0 bridgehead atoms. The van der Waals surface area contributed by atoms with Crippen molar-refractivity contribution in [1.82, 2.24) is 0 Å². The summed E-state index contributed by atoms with van der Waals surface area (Å²) in [5.74, 6) is -0.166. The van der Waals surface area contributed by atoms with Crippen LogP contribution in [0.15, 0.2) is 36.4 Å². The lowest BCUT2D eigenvalue weighted by Crippen LogP contribution is -2.02. The van der Waals surface area contributed by atoms with E-state index in [4.69, 9.17) is 9.47 Å². The van der Waals surface area contributed by atoms with Crippen LogP contribution in [0.25, 0.3) is 0 Å². The smallest absolute Gasteiger partial charge is 0.308 e. The number of phenols is 2. The van der Waals surface area contributed by atoms with Crippen LogP contribution in [-0.2, 0) is 22.4 Å². The minimum atomic E-state index is -0.445. The largest absolute Gasteiger partial charge is 0.508 e. The number of ether oxygens (including phenoxy) is 2. The number of carbonyl (C=O) groups is 2. The summed E-state index contributed by atoms with van der Waals surface area (Å²) < 4.78 is 9.82. The summed E-state index contributed by atoms with van der Waals surface area (Å²) in [6, 6.07) is 9.47. The van der Waals surface area contributed by atoms with Gasteiger partial charge < -0.3 is 19.7 Å². The molecule has 132 valence electrons. The van der Waals surface area contributed by atoms with Gasteiger partial charge in [-0.3, -0.25) is 9.59 Å². The van der Waals surface area contributed by atoms with Crippen LogP contribution < -0.4 is 9.47 Å². The van der Waals surface area contributed by atoms with Crippen molar-refractivity contribution in [3.8, 4) is 23.0 Å². The van der Waals surface area contributed by atoms with E-state index in [9.17, 15) is 19.8 Å². The van der Waals surface area contributed by atoms with Crippen LogP contribution in [0.1, 0.15) is 31.4 Å². The molecule has 0 aliphatic carbocycles. The minimum absolute atomic E-state index is 0.0631. The quantitative estimate of drug-likeness (QED) is 0.618. The molecular weight excluding hydrogens is 324 g/mol. The highest BCUT2D eigenvalue weighted by Crippen LogP contribution is 2.28. The number of aromatic hydroxyl groups is 2. The van der Waals surface area contributed by atoms with Gasteiger partial charge in [-0.15, -0.1) is 0 Å². The molecule has 0 heterocycles. The molecule has 0 amide bonds. The first kappa shape index (κ1) is 18.3. The first-order valence-electron chi connectivity index (χ1n) is 7.86. The zero-order chi connectivity index (χ0) is 18.4. The van der Waals surface area contributed by atoms with E-state index in [1.807, 2.05) is 0 Å². The van der Waals surface area contributed by atoms with E-state index in [-0.39, 0.29) is 11.5 Å². The number of hydrogen-bond acceptors (Lipinski definition) is 6. The third-order valence-electron chi connectivity index (χ3n) is 3.53. The van der Waals surface area contributed by atoms with Crippen LogP contribution >= 0.6 is 0 Å². The Morgan fingerprint density at radius 2 is 1.20 bits per heavy atom. The van der Waals surface area contributed by atoms with Gasteiger partial charge in [-0.25, -0.2) is 0 Å². The highest BCUT2D eigenvalue weighted by atomic mass is 16.5. The molecule has 25 heavy (non-hydrogen) atoms. The van der Waals surface area contributed by atoms with Crippen LogP contribution in [0.4, 0.5) is 0 Å². The number of carbonyl (C=O) groups excluding carboxylic acids is 2. The second-order valence-corrected chi connectivity index (χ2v) is 5.62. The SMILES string of the molecule is CC(=O)Oc1ccc(CCCc2ccc(OC(C)=O)cc2O)c(O)c1. The fourth-order valence-electron chi connectivity index (χ4n) is 2.44. The maximum atomic E-state index is 10.9. The topological polar surface area (TPSA) is 93.1 Å². The predicted octanol–water partition coefficient (Wildman–Crippen LogP) is 3.12. The number of phenolic OH excluding ortho intramolecular Hbond substituents is 2. The molecule has 0 saturated carbocycles. The average molecular weight is 344 g/mol. The van der Waals surface area contributed by atoms with Crippen molar-refractivity contribution >= 4 is 11.9 Å². The summed E-state index contributed by atoms with van der Waals surface area (Å²) in [5.41, 5.74) is 1.46. The summed E-state index contributed by atoms with van der Waals surface area (Å²) in [7, 11) is 0. The first-order valence-corrected chi connectivity index (χ1v) is 7.86. The van der Waals surface area contributed by atoms with E-state index in [0.29, 0.717) is 30.8 Å². The highest BCUT2D eigenvalue weighted by Gasteiger charge is 2.08. The van der Waals surface area contributed by atoms with Gasteiger partial charge in [0, 0.05) is 26.0 Å². The zero-order valence-corrected chi connectivity index (χ0v) is 14.1. The van der Waals surface area contributed by atoms with E-state index in [1.54, 1.807) is 24.3 Å². The van der Waals surface area contributed by atoms with Gasteiger partial charge in [-0.2, -0.15) is 0 Å². The molecule has 0 spiro atoms. The van der Waals surface area contributed by atoms with Gasteiger partial charge in [0.05, 0.1) is 0 Å². The van der Waals surface area contributed by atoms with Crippen LogP contribution in [0.2, 0.25) is 0 Å². The lowest BCUT2D eigenvalue weighted by molar-refractivity contribution is -0.132. The Bertz CT molecular complexity index is 716. The summed E-state index contributed by atoms with van der Waals surface area (Å²) in [5, 5.41) is 20.0. The molecule has 0 aromatic heterocycles. The van der Waals surface area contributed by atoms with E-state index in [2.05, 4.69) is 0 Å². The third-order valence-corrected chi connectivity index (χ3v) is 3.53. The van der Waals surface area contributed by atoms with Crippen LogP contribution in [0.3, 0.4) is 0 Å². The fraction of sp³-hybridized carbons (Fsp3) is 0.263. The molecule has 2 aromatic rings. The van der Waals surface area contributed by atoms with Gasteiger partial charge in [-0.1, -0.05) is 12.1 Å². The molecule has 0 atom stereocenters. The Labute approximate surface area is 145 Å². The van der Waals surface area contributed by atoms with Crippen LogP contribution in [0.5, 0.6) is 23.0 Å². The maximum Gasteiger partial charge on any atom is 0.308 e. The second kappa shape index (κ2) is 8.19.